The highest BCUT2D eigenvalue weighted by molar-refractivity contribution is 5.39. The Morgan fingerprint density at radius 1 is 1.38 bits per heavy atom. The minimum absolute atomic E-state index is 0.0808. The zero-order valence-electron chi connectivity index (χ0n) is 12.1. The highest BCUT2D eigenvalue weighted by Gasteiger charge is 2.19. The Balaban J connectivity index is 2.33. The Morgan fingerprint density at radius 2 is 2.19 bits per heavy atom. The standard InChI is InChI=1S/C13H18N6O2/c1-3-6-18-7-5-15-12(18)8-10-11(19(20)21)9-16-13(17-10)14-4-2/h5,7,9H,3-4,6,8H2,1-2H3,(H,14,16,17). The average molecular weight is 290 g/mol. The van der Waals surface area contributed by atoms with E-state index in [-0.39, 0.29) is 5.69 Å². The number of hydrogen-bond donors (Lipinski definition) is 1. The fourth-order valence-electron chi connectivity index (χ4n) is 2.04. The summed E-state index contributed by atoms with van der Waals surface area (Å²) >= 11 is 0. The lowest BCUT2D eigenvalue weighted by Crippen LogP contribution is -2.10. The van der Waals surface area contributed by atoms with Gasteiger partial charge in [0.15, 0.2) is 0 Å². The van der Waals surface area contributed by atoms with E-state index in [0.717, 1.165) is 18.8 Å². The van der Waals surface area contributed by atoms with Crippen molar-refractivity contribution in [3.05, 3.63) is 40.2 Å². The molecule has 8 nitrogen and oxygen atoms in total. The predicted molar refractivity (Wildman–Crippen MR) is 78.2 cm³/mol. The van der Waals surface area contributed by atoms with Gasteiger partial charge in [-0.1, -0.05) is 6.92 Å². The number of hydrogen-bond acceptors (Lipinski definition) is 6. The van der Waals surface area contributed by atoms with Gasteiger partial charge in [0.05, 0.1) is 11.3 Å². The highest BCUT2D eigenvalue weighted by atomic mass is 16.6. The summed E-state index contributed by atoms with van der Waals surface area (Å²) in [6.07, 6.45) is 6.09. The van der Waals surface area contributed by atoms with Crippen molar-refractivity contribution in [2.75, 3.05) is 11.9 Å². The van der Waals surface area contributed by atoms with E-state index in [1.54, 1.807) is 6.20 Å². The van der Waals surface area contributed by atoms with E-state index < -0.39 is 4.92 Å². The molecule has 0 amide bonds. The summed E-state index contributed by atoms with van der Waals surface area (Å²) in [5.41, 5.74) is 0.289. The summed E-state index contributed by atoms with van der Waals surface area (Å²) in [6, 6.07) is 0. The quantitative estimate of drug-likeness (QED) is 0.618. The van der Waals surface area contributed by atoms with Gasteiger partial charge in [0.25, 0.3) is 0 Å². The number of aryl methyl sites for hydroxylation is 1. The molecule has 0 aliphatic carbocycles. The number of rotatable bonds is 7. The first-order valence-corrected chi connectivity index (χ1v) is 6.89. The van der Waals surface area contributed by atoms with Gasteiger partial charge in [-0.25, -0.2) is 15.0 Å². The second-order valence-corrected chi connectivity index (χ2v) is 4.53. The van der Waals surface area contributed by atoms with Gasteiger partial charge < -0.3 is 9.88 Å². The molecule has 2 rings (SSSR count). The van der Waals surface area contributed by atoms with Crippen LogP contribution in [0.25, 0.3) is 0 Å². The van der Waals surface area contributed by atoms with Crippen molar-refractivity contribution in [2.45, 2.75) is 33.2 Å². The molecule has 2 aromatic heterocycles. The molecule has 1 N–H and O–H groups in total. The second kappa shape index (κ2) is 6.78. The molecule has 0 aliphatic rings. The van der Waals surface area contributed by atoms with Gasteiger partial charge in [0, 0.05) is 25.5 Å². The van der Waals surface area contributed by atoms with Gasteiger partial charge in [-0.2, -0.15) is 0 Å². The van der Waals surface area contributed by atoms with Crippen LogP contribution < -0.4 is 5.32 Å². The van der Waals surface area contributed by atoms with E-state index in [0.29, 0.717) is 24.6 Å². The first kappa shape index (κ1) is 14.9. The SMILES string of the molecule is CCCn1ccnc1Cc1nc(NCC)ncc1[N+](=O)[O-]. The van der Waals surface area contributed by atoms with Crippen LogP contribution >= 0.6 is 0 Å². The molecule has 2 aromatic rings. The van der Waals surface area contributed by atoms with Crippen LogP contribution in [-0.2, 0) is 13.0 Å². The largest absolute Gasteiger partial charge is 0.354 e. The molecule has 0 bridgehead atoms. The van der Waals surface area contributed by atoms with Crippen molar-refractivity contribution >= 4 is 11.6 Å². The molecule has 8 heteroatoms. The molecule has 0 radical (unpaired) electrons. The Morgan fingerprint density at radius 3 is 2.86 bits per heavy atom. The number of aromatic nitrogens is 4. The van der Waals surface area contributed by atoms with Crippen molar-refractivity contribution < 1.29 is 4.92 Å². The van der Waals surface area contributed by atoms with E-state index in [9.17, 15) is 10.1 Å². The lowest BCUT2D eigenvalue weighted by atomic mass is 10.2. The first-order valence-electron chi connectivity index (χ1n) is 6.89. The number of imidazole rings is 1. The van der Waals surface area contributed by atoms with Gasteiger partial charge in [-0.3, -0.25) is 10.1 Å². The highest BCUT2D eigenvalue weighted by Crippen LogP contribution is 2.19. The van der Waals surface area contributed by atoms with Crippen LogP contribution in [0.2, 0.25) is 0 Å². The first-order chi connectivity index (χ1) is 10.2. The van der Waals surface area contributed by atoms with Crippen LogP contribution in [0.5, 0.6) is 0 Å². The summed E-state index contributed by atoms with van der Waals surface area (Å²) in [4.78, 5) is 23.1. The zero-order chi connectivity index (χ0) is 15.2. The van der Waals surface area contributed by atoms with Crippen LogP contribution in [0.3, 0.4) is 0 Å². The third-order valence-corrected chi connectivity index (χ3v) is 2.97. The lowest BCUT2D eigenvalue weighted by molar-refractivity contribution is -0.386. The van der Waals surface area contributed by atoms with E-state index in [1.165, 1.54) is 6.20 Å². The van der Waals surface area contributed by atoms with Crippen molar-refractivity contribution in [3.63, 3.8) is 0 Å². The maximum atomic E-state index is 11.1. The maximum absolute atomic E-state index is 11.1. The molecule has 0 saturated heterocycles. The summed E-state index contributed by atoms with van der Waals surface area (Å²) in [5.74, 6) is 1.16. The lowest BCUT2D eigenvalue weighted by Gasteiger charge is -2.08. The average Bonchev–Trinajstić information content (AvgIpc) is 2.87. The van der Waals surface area contributed by atoms with Crippen LogP contribution in [-0.4, -0.2) is 31.0 Å². The molecule has 0 fully saturated rings. The van der Waals surface area contributed by atoms with Crippen molar-refractivity contribution in [1.29, 1.82) is 0 Å². The van der Waals surface area contributed by atoms with Crippen LogP contribution in [0.4, 0.5) is 11.6 Å². The molecule has 0 spiro atoms. The Hall–Kier alpha value is -2.51. The minimum Gasteiger partial charge on any atom is -0.354 e. The number of nitrogens with zero attached hydrogens (tertiary/aromatic N) is 5. The summed E-state index contributed by atoms with van der Waals surface area (Å²) < 4.78 is 1.98. The van der Waals surface area contributed by atoms with Gasteiger partial charge in [-0.15, -0.1) is 0 Å². The van der Waals surface area contributed by atoms with E-state index in [4.69, 9.17) is 0 Å². The smallest absolute Gasteiger partial charge is 0.309 e. The summed E-state index contributed by atoms with van der Waals surface area (Å²) in [5, 5.41) is 14.1. The number of nitrogens with one attached hydrogen (secondary N) is 1. The molecule has 112 valence electrons. The Kier molecular flexibility index (Phi) is 4.81. The Labute approximate surface area is 122 Å². The van der Waals surface area contributed by atoms with Crippen LogP contribution in [0.15, 0.2) is 18.6 Å². The van der Waals surface area contributed by atoms with Crippen molar-refractivity contribution in [1.82, 2.24) is 19.5 Å². The van der Waals surface area contributed by atoms with E-state index in [2.05, 4.69) is 27.2 Å². The monoisotopic (exact) mass is 290 g/mol. The van der Waals surface area contributed by atoms with Crippen molar-refractivity contribution in [2.24, 2.45) is 0 Å². The molecular weight excluding hydrogens is 272 g/mol. The number of nitro groups is 1. The fourth-order valence-corrected chi connectivity index (χ4v) is 2.04. The molecular formula is C13H18N6O2. The summed E-state index contributed by atoms with van der Waals surface area (Å²) in [7, 11) is 0. The second-order valence-electron chi connectivity index (χ2n) is 4.53. The third kappa shape index (κ3) is 3.53. The maximum Gasteiger partial charge on any atom is 0.309 e. The van der Waals surface area contributed by atoms with Crippen LogP contribution in [0, 0.1) is 10.1 Å². The van der Waals surface area contributed by atoms with Crippen LogP contribution in [0.1, 0.15) is 31.8 Å². The molecule has 21 heavy (non-hydrogen) atoms. The molecule has 0 unspecified atom stereocenters. The van der Waals surface area contributed by atoms with Gasteiger partial charge in [0.2, 0.25) is 5.95 Å². The van der Waals surface area contributed by atoms with E-state index >= 15 is 0 Å². The topological polar surface area (TPSA) is 98.8 Å². The van der Waals surface area contributed by atoms with Gasteiger partial charge >= 0.3 is 5.69 Å². The molecule has 0 aliphatic heterocycles. The minimum atomic E-state index is -0.460. The molecule has 2 heterocycles. The molecule has 0 atom stereocenters. The Bertz CT molecular complexity index is 625. The normalized spacial score (nSPS) is 10.6. The van der Waals surface area contributed by atoms with Gasteiger partial charge in [-0.05, 0) is 13.3 Å². The van der Waals surface area contributed by atoms with Gasteiger partial charge in [0.1, 0.15) is 17.7 Å². The van der Waals surface area contributed by atoms with E-state index in [1.807, 2.05) is 17.7 Å². The molecule has 0 saturated carbocycles. The molecule has 0 aromatic carbocycles. The predicted octanol–water partition coefficient (Wildman–Crippen LogP) is 2.01. The fraction of sp³-hybridized carbons (Fsp3) is 0.462. The zero-order valence-corrected chi connectivity index (χ0v) is 12.1. The number of anilines is 1. The van der Waals surface area contributed by atoms with Crippen molar-refractivity contribution in [3.8, 4) is 0 Å². The third-order valence-electron chi connectivity index (χ3n) is 2.97. The summed E-state index contributed by atoms with van der Waals surface area (Å²) in [6.45, 7) is 5.47.